The Labute approximate surface area is 152 Å². The molecule has 3 N–H and O–H groups in total. The van der Waals surface area contributed by atoms with Gasteiger partial charge in [-0.05, 0) is 43.5 Å². The molecule has 0 spiro atoms. The Hall–Kier alpha value is -1.97. The molecule has 0 saturated heterocycles. The number of carboxylic acids is 1. The van der Waals surface area contributed by atoms with Crippen molar-refractivity contribution in [1.29, 1.82) is 0 Å². The number of fused-ring (bicyclic) bond motifs is 1. The van der Waals surface area contributed by atoms with Gasteiger partial charge in [0.05, 0.1) is 11.4 Å². The van der Waals surface area contributed by atoms with Crippen LogP contribution in [-0.2, 0) is 21.2 Å². The molecule has 1 aliphatic carbocycles. The average molecular weight is 381 g/mol. The number of benzene rings is 1. The van der Waals surface area contributed by atoms with E-state index in [4.69, 9.17) is 5.11 Å². The Kier molecular flexibility index (Phi) is 5.31. The average Bonchev–Trinajstić information content (AvgIpc) is 2.56. The van der Waals surface area contributed by atoms with E-state index >= 15 is 0 Å². The topological polar surface area (TPSA) is 116 Å². The number of carboxylic acid groups (broad SMARTS) is 1. The maximum Gasteiger partial charge on any atom is 0.317 e. The summed E-state index contributed by atoms with van der Waals surface area (Å²) in [5.41, 5.74) is 1.26. The Morgan fingerprint density at radius 2 is 2.12 bits per heavy atom. The highest BCUT2D eigenvalue weighted by molar-refractivity contribution is 7.89. The van der Waals surface area contributed by atoms with E-state index in [0.717, 1.165) is 5.56 Å². The third kappa shape index (κ3) is 3.89. The fraction of sp³-hybridized carbons (Fsp3) is 0.529. The Morgan fingerprint density at radius 3 is 2.77 bits per heavy atom. The number of nitrogens with one attached hydrogen (secondary N) is 2. The smallest absolute Gasteiger partial charge is 0.317 e. The van der Waals surface area contributed by atoms with Gasteiger partial charge in [0, 0.05) is 24.2 Å². The molecule has 3 rings (SSSR count). The fourth-order valence-electron chi connectivity index (χ4n) is 3.50. The molecule has 1 saturated carbocycles. The summed E-state index contributed by atoms with van der Waals surface area (Å²) in [5.74, 6) is -1.14. The highest BCUT2D eigenvalue weighted by Gasteiger charge is 2.36. The molecule has 1 aromatic rings. The van der Waals surface area contributed by atoms with Crippen molar-refractivity contribution < 1.29 is 23.1 Å². The Bertz CT molecular complexity index is 818. The van der Waals surface area contributed by atoms with Crippen molar-refractivity contribution >= 4 is 21.9 Å². The molecule has 1 amide bonds. The van der Waals surface area contributed by atoms with Crippen molar-refractivity contribution in [3.63, 3.8) is 0 Å². The zero-order valence-corrected chi connectivity index (χ0v) is 15.4. The minimum atomic E-state index is -3.72. The number of likely N-dealkylation sites (N-methyl/N-ethyl adjacent to an activating group) is 1. The van der Waals surface area contributed by atoms with Crippen molar-refractivity contribution in [2.75, 3.05) is 19.6 Å². The molecule has 1 aliphatic heterocycles. The lowest BCUT2D eigenvalue weighted by molar-refractivity contribution is -0.139. The van der Waals surface area contributed by atoms with E-state index in [9.17, 15) is 18.0 Å². The van der Waals surface area contributed by atoms with Crippen LogP contribution in [0.1, 0.15) is 35.7 Å². The molecule has 26 heavy (non-hydrogen) atoms. The van der Waals surface area contributed by atoms with Gasteiger partial charge in [-0.25, -0.2) is 13.1 Å². The Balaban J connectivity index is 1.65. The molecule has 9 heteroatoms. The monoisotopic (exact) mass is 381 g/mol. The van der Waals surface area contributed by atoms with E-state index in [1.54, 1.807) is 6.07 Å². The zero-order valence-electron chi connectivity index (χ0n) is 14.6. The van der Waals surface area contributed by atoms with E-state index in [-0.39, 0.29) is 29.4 Å². The van der Waals surface area contributed by atoms with Crippen LogP contribution in [0.3, 0.4) is 0 Å². The van der Waals surface area contributed by atoms with Gasteiger partial charge in [0.25, 0.3) is 5.91 Å². The second-order valence-corrected chi connectivity index (χ2v) is 8.44. The summed E-state index contributed by atoms with van der Waals surface area (Å²) in [4.78, 5) is 24.7. The van der Waals surface area contributed by atoms with Crippen LogP contribution >= 0.6 is 0 Å². The molecule has 1 fully saturated rings. The normalized spacial score (nSPS) is 22.5. The SMILES string of the molecule is CCN(CC(=O)O)C1CC(NS(=O)(=O)c2ccc3c(c2)C(=O)NCC3)C1. The van der Waals surface area contributed by atoms with Crippen molar-refractivity contribution in [2.24, 2.45) is 0 Å². The lowest BCUT2D eigenvalue weighted by atomic mass is 9.86. The fourth-order valence-corrected chi connectivity index (χ4v) is 4.79. The second-order valence-electron chi connectivity index (χ2n) is 6.73. The molecule has 0 bridgehead atoms. The van der Waals surface area contributed by atoms with Crippen LogP contribution in [-0.4, -0.2) is 62.0 Å². The lowest BCUT2D eigenvalue weighted by Crippen LogP contribution is -2.54. The van der Waals surface area contributed by atoms with E-state index in [1.807, 2.05) is 11.8 Å². The third-order valence-electron chi connectivity index (χ3n) is 5.01. The summed E-state index contributed by atoms with van der Waals surface area (Å²) < 4.78 is 27.9. The van der Waals surface area contributed by atoms with Crippen LogP contribution in [0.5, 0.6) is 0 Å². The minimum absolute atomic E-state index is 0.0411. The highest BCUT2D eigenvalue weighted by Crippen LogP contribution is 2.27. The predicted octanol–water partition coefficient (Wildman–Crippen LogP) is 0.188. The van der Waals surface area contributed by atoms with E-state index < -0.39 is 16.0 Å². The molecule has 0 unspecified atom stereocenters. The molecule has 1 heterocycles. The molecule has 8 nitrogen and oxygen atoms in total. The molecular formula is C17H23N3O5S. The van der Waals surface area contributed by atoms with Gasteiger partial charge in [0.15, 0.2) is 0 Å². The minimum Gasteiger partial charge on any atom is -0.480 e. The van der Waals surface area contributed by atoms with Crippen molar-refractivity contribution in [1.82, 2.24) is 14.9 Å². The Morgan fingerprint density at radius 1 is 1.38 bits per heavy atom. The number of nitrogens with zero attached hydrogens (tertiary/aromatic N) is 1. The zero-order chi connectivity index (χ0) is 18.9. The standard InChI is InChI=1S/C17H23N3O5S/c1-2-20(10-16(21)22)13-7-12(8-13)19-26(24,25)14-4-3-11-5-6-18-17(23)15(11)9-14/h3-4,9,12-13,19H,2,5-8,10H2,1H3,(H,18,23)(H,21,22). The first-order valence-electron chi connectivity index (χ1n) is 8.69. The van der Waals surface area contributed by atoms with Gasteiger partial charge < -0.3 is 10.4 Å². The van der Waals surface area contributed by atoms with Crippen LogP contribution in [0.15, 0.2) is 23.1 Å². The number of hydrogen-bond acceptors (Lipinski definition) is 5. The first-order chi connectivity index (χ1) is 12.3. The lowest BCUT2D eigenvalue weighted by Gasteiger charge is -2.42. The van der Waals surface area contributed by atoms with Gasteiger partial charge in [0.1, 0.15) is 0 Å². The summed E-state index contributed by atoms with van der Waals surface area (Å²) in [6.45, 7) is 3.01. The summed E-state index contributed by atoms with van der Waals surface area (Å²) in [7, 11) is -3.72. The maximum atomic E-state index is 12.6. The number of aliphatic carboxylic acids is 1. The van der Waals surface area contributed by atoms with E-state index in [2.05, 4.69) is 10.0 Å². The summed E-state index contributed by atoms with van der Waals surface area (Å²) in [5, 5.41) is 11.6. The quantitative estimate of drug-likeness (QED) is 0.621. The van der Waals surface area contributed by atoms with Gasteiger partial charge >= 0.3 is 5.97 Å². The summed E-state index contributed by atoms with van der Waals surface area (Å²) >= 11 is 0. The third-order valence-corrected chi connectivity index (χ3v) is 6.53. The molecule has 0 atom stereocenters. The summed E-state index contributed by atoms with van der Waals surface area (Å²) in [6.07, 6.45) is 1.84. The number of rotatable bonds is 7. The molecule has 0 aromatic heterocycles. The van der Waals surface area contributed by atoms with Crippen LogP contribution in [0.25, 0.3) is 0 Å². The van der Waals surface area contributed by atoms with Gasteiger partial charge in [0.2, 0.25) is 10.0 Å². The molecular weight excluding hydrogens is 358 g/mol. The first kappa shape index (κ1) is 18.8. The summed E-state index contributed by atoms with van der Waals surface area (Å²) in [6, 6.07) is 4.48. The number of hydrogen-bond donors (Lipinski definition) is 3. The molecule has 0 radical (unpaired) electrons. The second kappa shape index (κ2) is 7.34. The number of amides is 1. The number of carbonyl (C=O) groups is 2. The van der Waals surface area contributed by atoms with Gasteiger partial charge in [-0.3, -0.25) is 14.5 Å². The first-order valence-corrected chi connectivity index (χ1v) is 10.2. The molecule has 142 valence electrons. The van der Waals surface area contributed by atoms with Gasteiger partial charge in [-0.15, -0.1) is 0 Å². The largest absolute Gasteiger partial charge is 0.480 e. The maximum absolute atomic E-state index is 12.6. The molecule has 1 aromatic carbocycles. The van der Waals surface area contributed by atoms with Gasteiger partial charge in [-0.1, -0.05) is 13.0 Å². The van der Waals surface area contributed by atoms with Crippen LogP contribution in [0, 0.1) is 0 Å². The van der Waals surface area contributed by atoms with Crippen LogP contribution < -0.4 is 10.0 Å². The van der Waals surface area contributed by atoms with E-state index in [1.165, 1.54) is 12.1 Å². The molecule has 2 aliphatic rings. The van der Waals surface area contributed by atoms with E-state index in [0.29, 0.717) is 37.9 Å². The van der Waals surface area contributed by atoms with Gasteiger partial charge in [-0.2, -0.15) is 0 Å². The van der Waals surface area contributed by atoms with Crippen molar-refractivity contribution in [3.05, 3.63) is 29.3 Å². The van der Waals surface area contributed by atoms with Crippen molar-refractivity contribution in [3.8, 4) is 0 Å². The number of carbonyl (C=O) groups excluding carboxylic acids is 1. The highest BCUT2D eigenvalue weighted by atomic mass is 32.2. The predicted molar refractivity (Wildman–Crippen MR) is 94.5 cm³/mol. The van der Waals surface area contributed by atoms with Crippen molar-refractivity contribution in [2.45, 2.75) is 43.2 Å². The number of sulfonamides is 1. The van der Waals surface area contributed by atoms with Crippen LogP contribution in [0.2, 0.25) is 0 Å². The van der Waals surface area contributed by atoms with Crippen LogP contribution in [0.4, 0.5) is 0 Å².